The fourth-order valence-electron chi connectivity index (χ4n) is 9.15. The molecule has 0 fully saturated rings. The maximum Gasteiger partial charge on any atom is 0.137 e. The number of para-hydroxylation sites is 2. The molecule has 3 heteroatoms. The predicted octanol–water partition coefficient (Wildman–Crippen LogP) is 16.3. The van der Waals surface area contributed by atoms with E-state index in [-0.39, 0.29) is 0 Å². The highest BCUT2D eigenvalue weighted by Crippen LogP contribution is 2.49. The number of benzene rings is 10. The van der Waals surface area contributed by atoms with E-state index in [9.17, 15) is 0 Å². The summed E-state index contributed by atoms with van der Waals surface area (Å²) in [6.45, 7) is 0. The second kappa shape index (κ2) is 13.4. The Morgan fingerprint density at radius 1 is 0.288 bits per heavy atom. The molecule has 0 amide bonds. The van der Waals surface area contributed by atoms with Crippen molar-refractivity contribution >= 4 is 82.5 Å². The van der Waals surface area contributed by atoms with Crippen LogP contribution in [-0.4, -0.2) is 0 Å². The fourth-order valence-corrected chi connectivity index (χ4v) is 9.15. The van der Waals surface area contributed by atoms with Crippen molar-refractivity contribution in [2.45, 2.75) is 0 Å². The second-order valence-corrected chi connectivity index (χ2v) is 15.2. The van der Waals surface area contributed by atoms with Crippen molar-refractivity contribution in [2.24, 2.45) is 0 Å². The van der Waals surface area contributed by atoms with E-state index < -0.39 is 0 Å². The van der Waals surface area contributed by atoms with Gasteiger partial charge in [0.1, 0.15) is 22.3 Å². The van der Waals surface area contributed by atoms with Gasteiger partial charge in [0.05, 0.1) is 5.69 Å². The predicted molar refractivity (Wildman–Crippen MR) is 247 cm³/mol. The summed E-state index contributed by atoms with van der Waals surface area (Å²) in [6, 6.07) is 75.9. The molecule has 59 heavy (non-hydrogen) atoms. The zero-order chi connectivity index (χ0) is 38.9. The lowest BCUT2D eigenvalue weighted by Gasteiger charge is -2.29. The molecule has 0 N–H and O–H groups in total. The highest BCUT2D eigenvalue weighted by Gasteiger charge is 2.24. The first-order valence-electron chi connectivity index (χ1n) is 20.1. The van der Waals surface area contributed by atoms with Gasteiger partial charge in [0.2, 0.25) is 0 Å². The first kappa shape index (κ1) is 33.3. The standard InChI is InChI=1S/C56H35NO2/c1-2-14-36(15-3-1)37-17-12-18-39(32-37)56-49(50-33-38-16-4-5-19-42(38)43-20-6-7-21-44(43)50)24-13-25-51(56)57(40-28-30-47-45-22-8-10-26-52(45)58-54(47)34-40)41-29-31-48-46-23-9-11-27-53(46)59-55(48)35-41/h1-35H. The molecule has 3 nitrogen and oxygen atoms in total. The largest absolute Gasteiger partial charge is 0.456 e. The monoisotopic (exact) mass is 753 g/mol. The highest BCUT2D eigenvalue weighted by atomic mass is 16.3. The molecule has 0 spiro atoms. The number of rotatable bonds is 6. The topological polar surface area (TPSA) is 29.5 Å². The molecule has 276 valence electrons. The summed E-state index contributed by atoms with van der Waals surface area (Å²) in [4.78, 5) is 2.37. The zero-order valence-corrected chi connectivity index (χ0v) is 32.0. The zero-order valence-electron chi connectivity index (χ0n) is 32.0. The Hall–Kier alpha value is -7.88. The second-order valence-electron chi connectivity index (χ2n) is 15.2. The van der Waals surface area contributed by atoms with Gasteiger partial charge in [-0.1, -0.05) is 146 Å². The van der Waals surface area contributed by atoms with Crippen molar-refractivity contribution in [3.05, 3.63) is 212 Å². The molecule has 0 saturated carbocycles. The maximum absolute atomic E-state index is 6.54. The Morgan fingerprint density at radius 2 is 0.814 bits per heavy atom. The number of furan rings is 2. The molecule has 0 aliphatic rings. The molecule has 12 rings (SSSR count). The van der Waals surface area contributed by atoms with E-state index in [0.29, 0.717) is 0 Å². The number of fused-ring (bicyclic) bond motifs is 9. The van der Waals surface area contributed by atoms with Crippen molar-refractivity contribution in [1.82, 2.24) is 0 Å². The van der Waals surface area contributed by atoms with E-state index in [1.165, 1.54) is 32.7 Å². The van der Waals surface area contributed by atoms with Gasteiger partial charge in [0.25, 0.3) is 0 Å². The molecule has 0 bridgehead atoms. The lowest BCUT2D eigenvalue weighted by molar-refractivity contribution is 0.669. The van der Waals surface area contributed by atoms with Gasteiger partial charge < -0.3 is 13.7 Å². The van der Waals surface area contributed by atoms with Gasteiger partial charge in [-0.05, 0) is 104 Å². The van der Waals surface area contributed by atoms with Gasteiger partial charge in [0, 0.05) is 50.6 Å². The minimum atomic E-state index is 0.836. The van der Waals surface area contributed by atoms with E-state index >= 15 is 0 Å². The lowest BCUT2D eigenvalue weighted by Crippen LogP contribution is -2.12. The number of anilines is 3. The van der Waals surface area contributed by atoms with Crippen molar-refractivity contribution in [3.63, 3.8) is 0 Å². The van der Waals surface area contributed by atoms with E-state index in [1.54, 1.807) is 0 Å². The van der Waals surface area contributed by atoms with Crippen LogP contribution in [-0.2, 0) is 0 Å². The Morgan fingerprint density at radius 3 is 1.51 bits per heavy atom. The average Bonchev–Trinajstić information content (AvgIpc) is 3.87. The van der Waals surface area contributed by atoms with Crippen LogP contribution in [0.1, 0.15) is 0 Å². The average molecular weight is 754 g/mol. The summed E-state index contributed by atoms with van der Waals surface area (Å²) in [6.07, 6.45) is 0. The van der Waals surface area contributed by atoms with Crippen LogP contribution in [0.15, 0.2) is 221 Å². The molecule has 0 unspecified atom stereocenters. The molecule has 0 aliphatic heterocycles. The van der Waals surface area contributed by atoms with Crippen LogP contribution in [0, 0.1) is 0 Å². The van der Waals surface area contributed by atoms with Crippen molar-refractivity contribution < 1.29 is 8.83 Å². The van der Waals surface area contributed by atoms with Gasteiger partial charge in [0.15, 0.2) is 0 Å². The smallest absolute Gasteiger partial charge is 0.137 e. The van der Waals surface area contributed by atoms with Crippen molar-refractivity contribution in [2.75, 3.05) is 4.90 Å². The SMILES string of the molecule is c1ccc(-c2cccc(-c3c(-c4cc5ccccc5c5ccccc45)cccc3N(c3ccc4c(c3)oc3ccccc34)c3ccc4c(c3)oc3ccccc34)c2)cc1. The van der Waals surface area contributed by atoms with Crippen molar-refractivity contribution in [1.29, 1.82) is 0 Å². The lowest BCUT2D eigenvalue weighted by atomic mass is 9.87. The summed E-state index contributed by atoms with van der Waals surface area (Å²) in [5.74, 6) is 0. The summed E-state index contributed by atoms with van der Waals surface area (Å²) in [5.41, 5.74) is 13.3. The van der Waals surface area contributed by atoms with Gasteiger partial charge in [-0.2, -0.15) is 0 Å². The third kappa shape index (κ3) is 5.44. The highest BCUT2D eigenvalue weighted by molar-refractivity contribution is 6.16. The fraction of sp³-hybridized carbons (Fsp3) is 0. The van der Waals surface area contributed by atoms with E-state index in [2.05, 4.69) is 193 Å². The van der Waals surface area contributed by atoms with E-state index in [0.717, 1.165) is 83.2 Å². The van der Waals surface area contributed by atoms with Gasteiger partial charge in [-0.15, -0.1) is 0 Å². The van der Waals surface area contributed by atoms with Gasteiger partial charge in [-0.25, -0.2) is 0 Å². The van der Waals surface area contributed by atoms with Crippen LogP contribution >= 0.6 is 0 Å². The van der Waals surface area contributed by atoms with Crippen LogP contribution < -0.4 is 4.90 Å². The number of hydrogen-bond donors (Lipinski definition) is 0. The molecule has 0 radical (unpaired) electrons. The molecule has 10 aromatic carbocycles. The minimum absolute atomic E-state index is 0.836. The van der Waals surface area contributed by atoms with E-state index in [4.69, 9.17) is 8.83 Å². The maximum atomic E-state index is 6.54. The quantitative estimate of drug-likeness (QED) is 0.158. The third-order valence-electron chi connectivity index (χ3n) is 11.8. The van der Waals surface area contributed by atoms with Gasteiger partial charge >= 0.3 is 0 Å². The van der Waals surface area contributed by atoms with Crippen LogP contribution in [0.5, 0.6) is 0 Å². The Balaban J connectivity index is 1.18. The normalized spacial score (nSPS) is 11.7. The molecule has 0 atom stereocenters. The van der Waals surface area contributed by atoms with Crippen LogP contribution in [0.25, 0.3) is 98.8 Å². The molecule has 2 heterocycles. The summed E-state index contributed by atoms with van der Waals surface area (Å²) in [7, 11) is 0. The van der Waals surface area contributed by atoms with Crippen LogP contribution in [0.3, 0.4) is 0 Å². The molecule has 12 aromatic rings. The Labute approximate surface area is 340 Å². The molecular weight excluding hydrogens is 719 g/mol. The van der Waals surface area contributed by atoms with Crippen LogP contribution in [0.2, 0.25) is 0 Å². The summed E-state index contributed by atoms with van der Waals surface area (Å²) in [5, 5.41) is 9.28. The third-order valence-corrected chi connectivity index (χ3v) is 11.8. The van der Waals surface area contributed by atoms with Crippen molar-refractivity contribution in [3.8, 4) is 33.4 Å². The summed E-state index contributed by atoms with van der Waals surface area (Å²) >= 11 is 0. The van der Waals surface area contributed by atoms with Crippen LogP contribution in [0.4, 0.5) is 17.1 Å². The first-order chi connectivity index (χ1) is 29.2. The minimum Gasteiger partial charge on any atom is -0.456 e. The van der Waals surface area contributed by atoms with E-state index in [1.807, 2.05) is 24.3 Å². The summed E-state index contributed by atoms with van der Waals surface area (Å²) < 4.78 is 13.1. The Kier molecular flexibility index (Phi) is 7.54. The molecule has 0 saturated heterocycles. The Bertz CT molecular complexity index is 3460. The first-order valence-corrected chi connectivity index (χ1v) is 20.1. The molecule has 2 aromatic heterocycles. The molecular formula is C56H35NO2. The number of nitrogens with zero attached hydrogens (tertiary/aromatic N) is 1. The van der Waals surface area contributed by atoms with Gasteiger partial charge in [-0.3, -0.25) is 0 Å². The molecule has 0 aliphatic carbocycles. The number of hydrogen-bond acceptors (Lipinski definition) is 3.